The summed E-state index contributed by atoms with van der Waals surface area (Å²) < 4.78 is 1.02. The zero-order valence-electron chi connectivity index (χ0n) is 11.2. The van der Waals surface area contributed by atoms with Crippen molar-refractivity contribution in [2.75, 3.05) is 5.32 Å². The van der Waals surface area contributed by atoms with E-state index in [9.17, 15) is 4.79 Å². The van der Waals surface area contributed by atoms with E-state index in [4.69, 9.17) is 5.11 Å². The third-order valence-electron chi connectivity index (χ3n) is 3.13. The standard InChI is InChI=1S/C16H16BrNO2/c1-11-6-7-14(17)9-15(11)18-10-13-5-3-2-4-12(13)8-16(19)20/h2-7,9,18H,8,10H2,1H3,(H,19,20). The number of anilines is 1. The van der Waals surface area contributed by atoms with Gasteiger partial charge in [0.15, 0.2) is 0 Å². The van der Waals surface area contributed by atoms with E-state index in [2.05, 4.69) is 21.2 Å². The van der Waals surface area contributed by atoms with Gasteiger partial charge in [-0.05, 0) is 35.7 Å². The molecule has 0 amide bonds. The molecule has 0 unspecified atom stereocenters. The van der Waals surface area contributed by atoms with E-state index in [-0.39, 0.29) is 6.42 Å². The third-order valence-corrected chi connectivity index (χ3v) is 3.62. The van der Waals surface area contributed by atoms with Gasteiger partial charge in [0.1, 0.15) is 0 Å². The number of hydrogen-bond donors (Lipinski definition) is 2. The van der Waals surface area contributed by atoms with Crippen molar-refractivity contribution in [1.29, 1.82) is 0 Å². The summed E-state index contributed by atoms with van der Waals surface area (Å²) in [6.07, 6.45) is 0.0509. The molecule has 0 fully saturated rings. The van der Waals surface area contributed by atoms with Crippen LogP contribution in [0.25, 0.3) is 0 Å². The second kappa shape index (κ2) is 6.57. The lowest BCUT2D eigenvalue weighted by Crippen LogP contribution is -2.07. The monoisotopic (exact) mass is 333 g/mol. The van der Waals surface area contributed by atoms with Crippen LogP contribution in [0, 0.1) is 6.92 Å². The number of aryl methyl sites for hydroxylation is 1. The molecular formula is C16H16BrNO2. The van der Waals surface area contributed by atoms with Gasteiger partial charge in [0.2, 0.25) is 0 Å². The lowest BCUT2D eigenvalue weighted by Gasteiger charge is -2.12. The Morgan fingerprint density at radius 1 is 1.20 bits per heavy atom. The van der Waals surface area contributed by atoms with Crippen molar-refractivity contribution in [1.82, 2.24) is 0 Å². The molecule has 2 aromatic rings. The number of hydrogen-bond acceptors (Lipinski definition) is 2. The average molecular weight is 334 g/mol. The molecule has 2 aromatic carbocycles. The predicted octanol–water partition coefficient (Wildman–Crippen LogP) is 4.00. The first-order valence-corrected chi connectivity index (χ1v) is 7.14. The van der Waals surface area contributed by atoms with Gasteiger partial charge in [-0.15, -0.1) is 0 Å². The Balaban J connectivity index is 2.14. The molecule has 0 radical (unpaired) electrons. The molecule has 0 saturated carbocycles. The van der Waals surface area contributed by atoms with Crippen LogP contribution in [-0.2, 0) is 17.8 Å². The Labute approximate surface area is 126 Å². The van der Waals surface area contributed by atoms with Crippen LogP contribution in [0.1, 0.15) is 16.7 Å². The highest BCUT2D eigenvalue weighted by Crippen LogP contribution is 2.22. The number of rotatable bonds is 5. The molecule has 2 N–H and O–H groups in total. The fourth-order valence-electron chi connectivity index (χ4n) is 2.04. The lowest BCUT2D eigenvalue weighted by atomic mass is 10.0. The summed E-state index contributed by atoms with van der Waals surface area (Å²) in [4.78, 5) is 10.9. The molecule has 0 heterocycles. The molecule has 0 saturated heterocycles. The topological polar surface area (TPSA) is 49.3 Å². The van der Waals surface area contributed by atoms with Crippen LogP contribution in [0.4, 0.5) is 5.69 Å². The van der Waals surface area contributed by atoms with Gasteiger partial charge < -0.3 is 10.4 Å². The smallest absolute Gasteiger partial charge is 0.307 e. The van der Waals surface area contributed by atoms with Crippen LogP contribution in [-0.4, -0.2) is 11.1 Å². The fraction of sp³-hybridized carbons (Fsp3) is 0.188. The zero-order chi connectivity index (χ0) is 14.5. The van der Waals surface area contributed by atoms with Crippen molar-refractivity contribution < 1.29 is 9.90 Å². The molecule has 0 aliphatic heterocycles. The summed E-state index contributed by atoms with van der Waals surface area (Å²) in [6.45, 7) is 2.65. The number of carbonyl (C=O) groups is 1. The number of halogens is 1. The van der Waals surface area contributed by atoms with Gasteiger partial charge in [-0.2, -0.15) is 0 Å². The Kier molecular flexibility index (Phi) is 4.79. The minimum Gasteiger partial charge on any atom is -0.481 e. The molecule has 0 aromatic heterocycles. The first kappa shape index (κ1) is 14.6. The van der Waals surface area contributed by atoms with Crippen molar-refractivity contribution >= 4 is 27.6 Å². The summed E-state index contributed by atoms with van der Waals surface area (Å²) in [6, 6.07) is 13.7. The van der Waals surface area contributed by atoms with Gasteiger partial charge in [-0.25, -0.2) is 0 Å². The predicted molar refractivity (Wildman–Crippen MR) is 84.0 cm³/mol. The van der Waals surface area contributed by atoms with Gasteiger partial charge in [0, 0.05) is 16.7 Å². The Morgan fingerprint density at radius 2 is 1.90 bits per heavy atom. The first-order valence-electron chi connectivity index (χ1n) is 6.35. The maximum atomic E-state index is 10.9. The van der Waals surface area contributed by atoms with E-state index in [1.165, 1.54) is 0 Å². The number of benzene rings is 2. The van der Waals surface area contributed by atoms with Crippen molar-refractivity contribution in [2.24, 2.45) is 0 Å². The minimum atomic E-state index is -0.809. The van der Waals surface area contributed by atoms with Crippen molar-refractivity contribution in [2.45, 2.75) is 19.9 Å². The number of carboxylic acids is 1. The number of aliphatic carboxylic acids is 1. The van der Waals surface area contributed by atoms with Crippen LogP contribution < -0.4 is 5.32 Å². The number of nitrogens with one attached hydrogen (secondary N) is 1. The molecule has 20 heavy (non-hydrogen) atoms. The fourth-order valence-corrected chi connectivity index (χ4v) is 2.40. The average Bonchev–Trinajstić information content (AvgIpc) is 2.41. The van der Waals surface area contributed by atoms with Crippen LogP contribution in [0.15, 0.2) is 46.9 Å². The lowest BCUT2D eigenvalue weighted by molar-refractivity contribution is -0.136. The van der Waals surface area contributed by atoms with Gasteiger partial charge >= 0.3 is 5.97 Å². The molecule has 0 aliphatic rings. The molecule has 0 aliphatic carbocycles. The Hall–Kier alpha value is -1.81. The molecule has 0 spiro atoms. The molecule has 4 heteroatoms. The van der Waals surface area contributed by atoms with Crippen LogP contribution in [0.3, 0.4) is 0 Å². The van der Waals surface area contributed by atoms with Crippen LogP contribution in [0.2, 0.25) is 0 Å². The van der Waals surface area contributed by atoms with Crippen LogP contribution in [0.5, 0.6) is 0 Å². The van der Waals surface area contributed by atoms with Gasteiger partial charge in [0.05, 0.1) is 6.42 Å². The quantitative estimate of drug-likeness (QED) is 0.869. The summed E-state index contributed by atoms with van der Waals surface area (Å²) in [5.41, 5.74) is 4.06. The third kappa shape index (κ3) is 3.84. The van der Waals surface area contributed by atoms with Gasteiger partial charge in [-0.1, -0.05) is 46.3 Å². The highest BCUT2D eigenvalue weighted by Gasteiger charge is 2.06. The molecular weight excluding hydrogens is 318 g/mol. The molecule has 104 valence electrons. The van der Waals surface area contributed by atoms with E-state index in [0.717, 1.165) is 26.9 Å². The zero-order valence-corrected chi connectivity index (χ0v) is 12.8. The van der Waals surface area contributed by atoms with Crippen LogP contribution >= 0.6 is 15.9 Å². The van der Waals surface area contributed by atoms with Crippen molar-refractivity contribution in [3.63, 3.8) is 0 Å². The second-order valence-electron chi connectivity index (χ2n) is 4.65. The summed E-state index contributed by atoms with van der Waals surface area (Å²) in [7, 11) is 0. The van der Waals surface area contributed by atoms with E-state index in [1.807, 2.05) is 49.4 Å². The second-order valence-corrected chi connectivity index (χ2v) is 5.57. The van der Waals surface area contributed by atoms with E-state index < -0.39 is 5.97 Å². The van der Waals surface area contributed by atoms with E-state index in [1.54, 1.807) is 0 Å². The SMILES string of the molecule is Cc1ccc(Br)cc1NCc1ccccc1CC(=O)O. The highest BCUT2D eigenvalue weighted by atomic mass is 79.9. The summed E-state index contributed by atoms with van der Waals surface area (Å²) >= 11 is 3.45. The molecule has 0 atom stereocenters. The molecule has 3 nitrogen and oxygen atoms in total. The van der Waals surface area contributed by atoms with Gasteiger partial charge in [0.25, 0.3) is 0 Å². The molecule has 2 rings (SSSR count). The molecule has 0 bridgehead atoms. The minimum absolute atomic E-state index is 0.0509. The van der Waals surface area contributed by atoms with E-state index >= 15 is 0 Å². The van der Waals surface area contributed by atoms with Gasteiger partial charge in [-0.3, -0.25) is 4.79 Å². The summed E-state index contributed by atoms with van der Waals surface area (Å²) in [5, 5.41) is 12.3. The van der Waals surface area contributed by atoms with Crippen molar-refractivity contribution in [3.8, 4) is 0 Å². The highest BCUT2D eigenvalue weighted by molar-refractivity contribution is 9.10. The Bertz CT molecular complexity index is 626. The Morgan fingerprint density at radius 3 is 2.60 bits per heavy atom. The first-order chi connectivity index (χ1) is 9.56. The maximum Gasteiger partial charge on any atom is 0.307 e. The maximum absolute atomic E-state index is 10.9. The van der Waals surface area contributed by atoms with Crippen molar-refractivity contribution in [3.05, 3.63) is 63.6 Å². The van der Waals surface area contributed by atoms with E-state index in [0.29, 0.717) is 6.54 Å². The number of carboxylic acid groups (broad SMARTS) is 1. The summed E-state index contributed by atoms with van der Waals surface area (Å²) in [5.74, 6) is -0.809. The normalized spacial score (nSPS) is 10.3. The largest absolute Gasteiger partial charge is 0.481 e.